The van der Waals surface area contributed by atoms with Crippen molar-refractivity contribution in [1.29, 1.82) is 0 Å². The molecular weight excluding hydrogens is 216 g/mol. The topological polar surface area (TPSA) is 49.4 Å². The van der Waals surface area contributed by atoms with E-state index in [1.54, 1.807) is 0 Å². The molecule has 0 bridgehead atoms. The van der Waals surface area contributed by atoms with Crippen molar-refractivity contribution in [3.05, 3.63) is 0 Å². The van der Waals surface area contributed by atoms with Crippen LogP contribution in [-0.2, 0) is 9.59 Å². The fourth-order valence-electron chi connectivity index (χ4n) is 1.99. The third-order valence-corrected chi connectivity index (χ3v) is 3.16. The molecule has 0 aromatic carbocycles. The predicted octanol–water partition coefficient (Wildman–Crippen LogP) is 1.00. The van der Waals surface area contributed by atoms with Crippen LogP contribution in [-0.4, -0.2) is 49.7 Å². The molecule has 2 rings (SSSR count). The summed E-state index contributed by atoms with van der Waals surface area (Å²) in [5.41, 5.74) is 0. The largest absolute Gasteiger partial charge is 0.316 e. The maximum atomic E-state index is 10.8. The zero-order valence-electron chi connectivity index (χ0n) is 10.8. The van der Waals surface area contributed by atoms with E-state index in [9.17, 15) is 9.59 Å². The molecule has 0 aromatic heterocycles. The van der Waals surface area contributed by atoms with Crippen LogP contribution in [0.3, 0.4) is 0 Å². The van der Waals surface area contributed by atoms with Gasteiger partial charge in [-0.05, 0) is 33.0 Å². The van der Waals surface area contributed by atoms with Gasteiger partial charge in [0.2, 0.25) is 0 Å². The number of likely N-dealkylation sites (tertiary alicyclic amines) is 1. The number of ketones is 2. The van der Waals surface area contributed by atoms with Gasteiger partial charge in [0.05, 0.1) is 0 Å². The lowest BCUT2D eigenvalue weighted by molar-refractivity contribution is -0.119. The zero-order chi connectivity index (χ0) is 12.5. The van der Waals surface area contributed by atoms with Crippen LogP contribution in [0.1, 0.15) is 38.5 Å². The van der Waals surface area contributed by atoms with Gasteiger partial charge >= 0.3 is 0 Å². The summed E-state index contributed by atoms with van der Waals surface area (Å²) in [6, 6.07) is 0. The Hall–Kier alpha value is -0.740. The molecule has 0 aliphatic carbocycles. The van der Waals surface area contributed by atoms with E-state index < -0.39 is 0 Å². The molecule has 0 unspecified atom stereocenters. The Morgan fingerprint density at radius 2 is 1.59 bits per heavy atom. The molecule has 4 heteroatoms. The normalized spacial score (nSPS) is 23.4. The first-order valence-corrected chi connectivity index (χ1v) is 6.61. The third kappa shape index (κ3) is 7.23. The summed E-state index contributed by atoms with van der Waals surface area (Å²) in [6.45, 7) is 3.95. The van der Waals surface area contributed by atoms with Crippen LogP contribution in [0.5, 0.6) is 0 Å². The molecule has 2 aliphatic rings. The third-order valence-electron chi connectivity index (χ3n) is 3.16. The van der Waals surface area contributed by atoms with E-state index in [1.807, 2.05) is 0 Å². The second-order valence-corrected chi connectivity index (χ2v) is 4.84. The molecule has 0 amide bonds. The van der Waals surface area contributed by atoms with Crippen molar-refractivity contribution in [3.8, 4) is 0 Å². The molecule has 2 heterocycles. The number of hydrogen-bond donors (Lipinski definition) is 1. The molecule has 1 N–H and O–H groups in total. The average Bonchev–Trinajstić information content (AvgIpc) is 2.64. The molecule has 0 atom stereocenters. The molecule has 0 spiro atoms. The molecule has 0 saturated carbocycles. The standard InChI is InChI=1S/C7H13NO.C6H11NO/c1-8-5-2-3-7(9)4-6-8;8-6-2-1-4-7-5-3-6/h2-6H2,1H3;7H,1-5H2. The summed E-state index contributed by atoms with van der Waals surface area (Å²) < 4.78 is 0. The van der Waals surface area contributed by atoms with Crippen molar-refractivity contribution in [2.24, 2.45) is 0 Å². The van der Waals surface area contributed by atoms with Crippen molar-refractivity contribution in [2.75, 3.05) is 33.2 Å². The molecule has 0 aromatic rings. The lowest BCUT2D eigenvalue weighted by Crippen LogP contribution is -2.18. The van der Waals surface area contributed by atoms with E-state index in [0.29, 0.717) is 11.6 Å². The highest BCUT2D eigenvalue weighted by atomic mass is 16.1. The van der Waals surface area contributed by atoms with Crippen LogP contribution in [0.15, 0.2) is 0 Å². The van der Waals surface area contributed by atoms with Crippen LogP contribution in [0.4, 0.5) is 0 Å². The molecular formula is C13H24N2O2. The number of nitrogens with zero attached hydrogens (tertiary/aromatic N) is 1. The van der Waals surface area contributed by atoms with Gasteiger partial charge in [-0.25, -0.2) is 0 Å². The van der Waals surface area contributed by atoms with Gasteiger partial charge in [0.25, 0.3) is 0 Å². The van der Waals surface area contributed by atoms with E-state index in [1.165, 1.54) is 0 Å². The number of rotatable bonds is 0. The van der Waals surface area contributed by atoms with Gasteiger partial charge < -0.3 is 10.2 Å². The molecule has 2 saturated heterocycles. The van der Waals surface area contributed by atoms with Gasteiger partial charge in [0, 0.05) is 38.8 Å². The van der Waals surface area contributed by atoms with Gasteiger partial charge in [0.15, 0.2) is 0 Å². The Morgan fingerprint density at radius 1 is 0.882 bits per heavy atom. The fourth-order valence-corrected chi connectivity index (χ4v) is 1.99. The van der Waals surface area contributed by atoms with Gasteiger partial charge in [-0.3, -0.25) is 9.59 Å². The van der Waals surface area contributed by atoms with Gasteiger partial charge in [-0.1, -0.05) is 0 Å². The zero-order valence-corrected chi connectivity index (χ0v) is 10.8. The van der Waals surface area contributed by atoms with Crippen molar-refractivity contribution in [1.82, 2.24) is 10.2 Å². The molecule has 2 fully saturated rings. The maximum Gasteiger partial charge on any atom is 0.134 e. The van der Waals surface area contributed by atoms with Gasteiger partial charge in [0.1, 0.15) is 11.6 Å². The highest BCUT2D eigenvalue weighted by Crippen LogP contribution is 2.03. The molecule has 98 valence electrons. The highest BCUT2D eigenvalue weighted by molar-refractivity contribution is 5.79. The van der Waals surface area contributed by atoms with Crippen LogP contribution in [0.2, 0.25) is 0 Å². The quantitative estimate of drug-likeness (QED) is 0.686. The van der Waals surface area contributed by atoms with E-state index in [4.69, 9.17) is 0 Å². The minimum absolute atomic E-state index is 0.412. The van der Waals surface area contributed by atoms with E-state index in [-0.39, 0.29) is 0 Å². The van der Waals surface area contributed by atoms with Crippen LogP contribution < -0.4 is 5.32 Å². The fraction of sp³-hybridized carbons (Fsp3) is 0.846. The Morgan fingerprint density at radius 3 is 2.41 bits per heavy atom. The summed E-state index contributed by atoms with van der Waals surface area (Å²) in [4.78, 5) is 23.7. The lowest BCUT2D eigenvalue weighted by atomic mass is 10.2. The molecule has 0 radical (unpaired) electrons. The number of hydrogen-bond acceptors (Lipinski definition) is 4. The number of carbonyl (C=O) groups is 2. The first-order valence-electron chi connectivity index (χ1n) is 6.61. The Kier molecular flexibility index (Phi) is 7.05. The van der Waals surface area contributed by atoms with Crippen molar-refractivity contribution >= 4 is 11.6 Å². The average molecular weight is 240 g/mol. The molecule has 17 heavy (non-hydrogen) atoms. The van der Waals surface area contributed by atoms with E-state index in [0.717, 1.165) is 64.7 Å². The maximum absolute atomic E-state index is 10.8. The van der Waals surface area contributed by atoms with Crippen molar-refractivity contribution in [2.45, 2.75) is 38.5 Å². The van der Waals surface area contributed by atoms with Crippen molar-refractivity contribution < 1.29 is 9.59 Å². The summed E-state index contributed by atoms with van der Waals surface area (Å²) in [6.07, 6.45) is 5.15. The smallest absolute Gasteiger partial charge is 0.134 e. The Bertz CT molecular complexity index is 244. The van der Waals surface area contributed by atoms with Crippen molar-refractivity contribution in [3.63, 3.8) is 0 Å². The lowest BCUT2D eigenvalue weighted by Gasteiger charge is -2.09. The second kappa shape index (κ2) is 8.37. The number of carbonyl (C=O) groups excluding carboxylic acids is 2. The van der Waals surface area contributed by atoms with Crippen LogP contribution >= 0.6 is 0 Å². The SMILES string of the molecule is CN1CCCC(=O)CC1.O=C1CCCNCC1. The van der Waals surface area contributed by atoms with Gasteiger partial charge in [-0.15, -0.1) is 0 Å². The first kappa shape index (κ1) is 14.3. The van der Waals surface area contributed by atoms with Gasteiger partial charge in [-0.2, -0.15) is 0 Å². The Labute approximate surface area is 104 Å². The summed E-state index contributed by atoms with van der Waals surface area (Å²) in [5, 5.41) is 3.16. The summed E-state index contributed by atoms with van der Waals surface area (Å²) in [7, 11) is 2.07. The number of Topliss-reactive ketones (excluding diaryl/α,β-unsaturated/α-hetero) is 2. The summed E-state index contributed by atoms with van der Waals surface area (Å²) >= 11 is 0. The highest BCUT2D eigenvalue weighted by Gasteiger charge is 2.09. The van der Waals surface area contributed by atoms with E-state index >= 15 is 0 Å². The van der Waals surface area contributed by atoms with Crippen LogP contribution in [0, 0.1) is 0 Å². The second-order valence-electron chi connectivity index (χ2n) is 4.84. The first-order chi connectivity index (χ1) is 8.18. The minimum atomic E-state index is 0.412. The minimum Gasteiger partial charge on any atom is -0.316 e. The molecule has 2 aliphatic heterocycles. The van der Waals surface area contributed by atoms with E-state index in [2.05, 4.69) is 17.3 Å². The summed E-state index contributed by atoms with van der Waals surface area (Å²) in [5.74, 6) is 0.842. The number of nitrogens with one attached hydrogen (secondary N) is 1. The predicted molar refractivity (Wildman–Crippen MR) is 68.1 cm³/mol. The molecule has 4 nitrogen and oxygen atoms in total. The monoisotopic (exact) mass is 240 g/mol. The van der Waals surface area contributed by atoms with Crippen LogP contribution in [0.25, 0.3) is 0 Å². The Balaban J connectivity index is 0.000000171.